The number of ether oxygens (including phenoxy) is 2. The Balaban J connectivity index is 1.50. The molecule has 7 nitrogen and oxygen atoms in total. The van der Waals surface area contributed by atoms with Gasteiger partial charge in [0.1, 0.15) is 0 Å². The molecule has 1 aromatic heterocycles. The Kier molecular flexibility index (Phi) is 7.65. The molecule has 2 aromatic rings. The molecular formula is C20H22N2O5S2. The first-order valence-corrected chi connectivity index (χ1v) is 11.1. The van der Waals surface area contributed by atoms with Crippen LogP contribution in [0, 0.1) is 5.92 Å². The normalized spacial score (nSPS) is 14.4. The summed E-state index contributed by atoms with van der Waals surface area (Å²) in [5.74, 6) is -0.538. The number of piperidine rings is 1. The molecule has 2 heterocycles. The lowest BCUT2D eigenvalue weighted by atomic mass is 9.97. The highest BCUT2D eigenvalue weighted by molar-refractivity contribution is 7.98. The van der Waals surface area contributed by atoms with Crippen LogP contribution in [0.4, 0.5) is 0 Å². The highest BCUT2D eigenvalue weighted by atomic mass is 32.2. The first kappa shape index (κ1) is 21.3. The SMILES string of the molecule is COC(=O)C1CCN(C(=O)COC(=O)c2ccccc2SCc2cscn2)CC1. The van der Waals surface area contributed by atoms with Crippen LogP contribution >= 0.6 is 23.1 Å². The fourth-order valence-electron chi connectivity index (χ4n) is 3.05. The zero-order chi connectivity index (χ0) is 20.6. The summed E-state index contributed by atoms with van der Waals surface area (Å²) >= 11 is 3.03. The average molecular weight is 435 g/mol. The number of hydrogen-bond acceptors (Lipinski definition) is 8. The summed E-state index contributed by atoms with van der Waals surface area (Å²) in [5, 5.41) is 1.97. The van der Waals surface area contributed by atoms with Crippen molar-refractivity contribution in [2.75, 3.05) is 26.8 Å². The number of methoxy groups -OCH3 is 1. The number of carbonyl (C=O) groups excluding carboxylic acids is 3. The van der Waals surface area contributed by atoms with Crippen LogP contribution in [0.25, 0.3) is 0 Å². The van der Waals surface area contributed by atoms with Crippen LogP contribution in [-0.2, 0) is 24.8 Å². The van der Waals surface area contributed by atoms with Crippen molar-refractivity contribution in [2.45, 2.75) is 23.5 Å². The summed E-state index contributed by atoms with van der Waals surface area (Å²) in [5.41, 5.74) is 3.16. The van der Waals surface area contributed by atoms with Crippen LogP contribution in [0.5, 0.6) is 0 Å². The van der Waals surface area contributed by atoms with Gasteiger partial charge in [0.25, 0.3) is 5.91 Å². The van der Waals surface area contributed by atoms with Crippen molar-refractivity contribution in [1.29, 1.82) is 0 Å². The molecule has 1 amide bonds. The summed E-state index contributed by atoms with van der Waals surface area (Å²) < 4.78 is 10.0. The highest BCUT2D eigenvalue weighted by Crippen LogP contribution is 2.27. The third-order valence-corrected chi connectivity index (χ3v) is 6.42. The van der Waals surface area contributed by atoms with Gasteiger partial charge < -0.3 is 14.4 Å². The molecular weight excluding hydrogens is 412 g/mol. The summed E-state index contributed by atoms with van der Waals surface area (Å²) in [4.78, 5) is 43.1. The number of carbonyl (C=O) groups is 3. The van der Waals surface area contributed by atoms with Gasteiger partial charge in [0.15, 0.2) is 6.61 Å². The number of likely N-dealkylation sites (tertiary alicyclic amines) is 1. The van der Waals surface area contributed by atoms with Gasteiger partial charge in [0.05, 0.1) is 29.8 Å². The number of rotatable bonds is 7. The van der Waals surface area contributed by atoms with E-state index < -0.39 is 5.97 Å². The summed E-state index contributed by atoms with van der Waals surface area (Å²) in [6, 6.07) is 7.17. The van der Waals surface area contributed by atoms with Gasteiger partial charge in [-0.05, 0) is 25.0 Å². The standard InChI is InChI=1S/C20H22N2O5S2/c1-26-19(24)14-6-8-22(9-7-14)18(23)10-27-20(25)16-4-2-3-5-17(16)29-12-15-11-28-13-21-15/h2-5,11,13-14H,6-10,12H2,1H3. The third kappa shape index (κ3) is 5.80. The molecule has 0 N–H and O–H groups in total. The van der Waals surface area contributed by atoms with E-state index in [-0.39, 0.29) is 24.4 Å². The summed E-state index contributed by atoms with van der Waals surface area (Å²) in [6.45, 7) is 0.597. The highest BCUT2D eigenvalue weighted by Gasteiger charge is 2.28. The average Bonchev–Trinajstić information content (AvgIpc) is 3.29. The van der Waals surface area contributed by atoms with Crippen molar-refractivity contribution in [3.05, 3.63) is 46.4 Å². The monoisotopic (exact) mass is 434 g/mol. The molecule has 29 heavy (non-hydrogen) atoms. The Hall–Kier alpha value is -2.39. The van der Waals surface area contributed by atoms with Crippen molar-refractivity contribution in [1.82, 2.24) is 9.88 Å². The molecule has 0 saturated carbocycles. The van der Waals surface area contributed by atoms with Crippen molar-refractivity contribution in [3.8, 4) is 0 Å². The van der Waals surface area contributed by atoms with Crippen molar-refractivity contribution >= 4 is 40.9 Å². The Morgan fingerprint density at radius 1 is 1.24 bits per heavy atom. The van der Waals surface area contributed by atoms with E-state index in [9.17, 15) is 14.4 Å². The zero-order valence-electron chi connectivity index (χ0n) is 16.0. The van der Waals surface area contributed by atoms with Gasteiger partial charge in [0.2, 0.25) is 0 Å². The van der Waals surface area contributed by atoms with E-state index in [0.29, 0.717) is 37.2 Å². The molecule has 0 spiro atoms. The van der Waals surface area contributed by atoms with Crippen LogP contribution in [0.2, 0.25) is 0 Å². The lowest BCUT2D eigenvalue weighted by Crippen LogP contribution is -2.42. The molecule has 1 aliphatic heterocycles. The first-order valence-electron chi connectivity index (χ1n) is 9.20. The van der Waals surface area contributed by atoms with Gasteiger partial charge >= 0.3 is 11.9 Å². The third-order valence-electron chi connectivity index (χ3n) is 4.67. The number of aromatic nitrogens is 1. The molecule has 0 atom stereocenters. The van der Waals surface area contributed by atoms with Crippen molar-refractivity contribution in [3.63, 3.8) is 0 Å². The van der Waals surface area contributed by atoms with Crippen LogP contribution in [-0.4, -0.2) is 54.5 Å². The van der Waals surface area contributed by atoms with Crippen LogP contribution in [0.15, 0.2) is 40.1 Å². The van der Waals surface area contributed by atoms with Crippen LogP contribution < -0.4 is 0 Å². The van der Waals surface area contributed by atoms with Gasteiger partial charge in [0, 0.05) is 29.1 Å². The number of amides is 1. The van der Waals surface area contributed by atoms with E-state index >= 15 is 0 Å². The topological polar surface area (TPSA) is 85.8 Å². The molecule has 154 valence electrons. The Morgan fingerprint density at radius 3 is 2.69 bits per heavy atom. The number of thiazole rings is 1. The fourth-order valence-corrected chi connectivity index (χ4v) is 4.66. The van der Waals surface area contributed by atoms with E-state index in [1.165, 1.54) is 30.2 Å². The first-order chi connectivity index (χ1) is 14.1. The quantitative estimate of drug-likeness (QED) is 0.489. The maximum absolute atomic E-state index is 12.5. The van der Waals surface area contributed by atoms with E-state index in [4.69, 9.17) is 9.47 Å². The second kappa shape index (κ2) is 10.4. The molecule has 0 bridgehead atoms. The van der Waals surface area contributed by atoms with Crippen LogP contribution in [0.3, 0.4) is 0 Å². The van der Waals surface area contributed by atoms with Gasteiger partial charge in [-0.25, -0.2) is 9.78 Å². The molecule has 9 heteroatoms. The minimum Gasteiger partial charge on any atom is -0.469 e. The summed E-state index contributed by atoms with van der Waals surface area (Å²) in [6.07, 6.45) is 1.12. The van der Waals surface area contributed by atoms with E-state index in [2.05, 4.69) is 4.98 Å². The van der Waals surface area contributed by atoms with Gasteiger partial charge in [-0.2, -0.15) is 0 Å². The smallest absolute Gasteiger partial charge is 0.339 e. The second-order valence-electron chi connectivity index (χ2n) is 6.52. The largest absolute Gasteiger partial charge is 0.469 e. The number of esters is 2. The van der Waals surface area contributed by atoms with Gasteiger partial charge in [-0.3, -0.25) is 9.59 Å². The van der Waals surface area contributed by atoms with Gasteiger partial charge in [-0.15, -0.1) is 23.1 Å². The predicted molar refractivity (Wildman–Crippen MR) is 110 cm³/mol. The Morgan fingerprint density at radius 2 is 2.00 bits per heavy atom. The molecule has 1 aliphatic rings. The molecule has 1 saturated heterocycles. The number of thioether (sulfide) groups is 1. The van der Waals surface area contributed by atoms with Crippen molar-refractivity contribution in [2.24, 2.45) is 5.92 Å². The zero-order valence-corrected chi connectivity index (χ0v) is 17.7. The molecule has 0 aliphatic carbocycles. The summed E-state index contributed by atoms with van der Waals surface area (Å²) in [7, 11) is 1.37. The van der Waals surface area contributed by atoms with E-state index in [0.717, 1.165) is 10.6 Å². The molecule has 3 rings (SSSR count). The lowest BCUT2D eigenvalue weighted by molar-refractivity contribution is -0.149. The number of hydrogen-bond donors (Lipinski definition) is 0. The number of nitrogens with zero attached hydrogens (tertiary/aromatic N) is 2. The lowest BCUT2D eigenvalue weighted by Gasteiger charge is -2.30. The van der Waals surface area contributed by atoms with Gasteiger partial charge in [-0.1, -0.05) is 12.1 Å². The number of benzene rings is 1. The van der Waals surface area contributed by atoms with E-state index in [1.54, 1.807) is 22.5 Å². The molecule has 1 fully saturated rings. The molecule has 0 radical (unpaired) electrons. The minimum absolute atomic E-state index is 0.173. The Bertz CT molecular complexity index is 848. The molecule has 1 aromatic carbocycles. The fraction of sp³-hybridized carbons (Fsp3) is 0.400. The van der Waals surface area contributed by atoms with Crippen LogP contribution in [0.1, 0.15) is 28.9 Å². The maximum Gasteiger partial charge on any atom is 0.339 e. The minimum atomic E-state index is -0.524. The molecule has 0 unspecified atom stereocenters. The Labute approximate surface area is 177 Å². The van der Waals surface area contributed by atoms with Crippen molar-refractivity contribution < 1.29 is 23.9 Å². The van der Waals surface area contributed by atoms with E-state index in [1.807, 2.05) is 17.5 Å². The predicted octanol–water partition coefficient (Wildman–Crippen LogP) is 3.00. The maximum atomic E-state index is 12.5. The second-order valence-corrected chi connectivity index (χ2v) is 8.25.